The molecule has 2 aromatic heterocycles. The van der Waals surface area contributed by atoms with Gasteiger partial charge in [-0.25, -0.2) is 0 Å². The highest BCUT2D eigenvalue weighted by molar-refractivity contribution is 5.91. The number of fused-ring (bicyclic) bond motifs is 4. The zero-order chi connectivity index (χ0) is 19.1. The lowest BCUT2D eigenvalue weighted by molar-refractivity contribution is 0.0597. The second kappa shape index (κ2) is 9.56. The molecule has 5 heterocycles. The van der Waals surface area contributed by atoms with Crippen LogP contribution in [0.15, 0.2) is 39.7 Å². The van der Waals surface area contributed by atoms with E-state index in [1.165, 1.54) is 18.4 Å². The Morgan fingerprint density at radius 2 is 1.90 bits per heavy atom. The number of hydrogen-bond donors (Lipinski definition) is 1. The molecule has 2 bridgehead atoms. The second-order valence-corrected chi connectivity index (χ2v) is 8.20. The molecule has 5 rings (SSSR count). The van der Waals surface area contributed by atoms with Gasteiger partial charge in [0.25, 0.3) is 11.5 Å². The van der Waals surface area contributed by atoms with Gasteiger partial charge in [-0.3, -0.25) is 14.5 Å². The average molecular weight is 455 g/mol. The minimum atomic E-state index is -0.0568. The van der Waals surface area contributed by atoms with Crippen molar-refractivity contribution in [2.24, 2.45) is 5.92 Å². The summed E-state index contributed by atoms with van der Waals surface area (Å²) in [5, 5.41) is 3.49. The average Bonchev–Trinajstić information content (AvgIpc) is 3.26. The molecule has 3 aliphatic heterocycles. The highest BCUT2D eigenvalue weighted by Crippen LogP contribution is 2.31. The molecule has 0 aromatic carbocycles. The van der Waals surface area contributed by atoms with Crippen LogP contribution in [-0.4, -0.2) is 59.5 Å². The lowest BCUT2D eigenvalue weighted by Gasteiger charge is -2.38. The molecule has 2 fully saturated rings. The van der Waals surface area contributed by atoms with E-state index in [-0.39, 0.29) is 36.3 Å². The van der Waals surface area contributed by atoms with Gasteiger partial charge in [-0.15, -0.1) is 24.8 Å². The Bertz CT molecular complexity index is 923. The molecular formula is C21H28Cl2N4O3. The number of piperidine rings is 1. The number of amides is 1. The molecular weight excluding hydrogens is 427 g/mol. The number of aromatic nitrogens is 1. The van der Waals surface area contributed by atoms with Crippen molar-refractivity contribution < 1.29 is 9.21 Å². The Morgan fingerprint density at radius 3 is 2.63 bits per heavy atom. The van der Waals surface area contributed by atoms with Crippen LogP contribution in [0, 0.1) is 5.92 Å². The van der Waals surface area contributed by atoms with Gasteiger partial charge in [-0.1, -0.05) is 6.07 Å². The molecule has 1 N–H and O–H groups in total. The van der Waals surface area contributed by atoms with E-state index in [0.29, 0.717) is 37.2 Å². The number of carbonyl (C=O) groups is 1. The van der Waals surface area contributed by atoms with E-state index in [4.69, 9.17) is 4.42 Å². The summed E-state index contributed by atoms with van der Waals surface area (Å²) in [5.41, 5.74) is 2.22. The van der Waals surface area contributed by atoms with Gasteiger partial charge in [0.2, 0.25) is 0 Å². The quantitative estimate of drug-likeness (QED) is 0.767. The zero-order valence-corrected chi connectivity index (χ0v) is 18.4. The van der Waals surface area contributed by atoms with Crippen molar-refractivity contribution in [3.63, 3.8) is 0 Å². The van der Waals surface area contributed by atoms with E-state index >= 15 is 0 Å². The number of pyridine rings is 1. The first-order valence-corrected chi connectivity index (χ1v) is 10.2. The highest BCUT2D eigenvalue weighted by atomic mass is 35.5. The van der Waals surface area contributed by atoms with Crippen molar-refractivity contribution in [3.05, 3.63) is 57.9 Å². The van der Waals surface area contributed by atoms with E-state index in [1.54, 1.807) is 12.1 Å². The number of nitrogens with zero attached hydrogens (tertiary/aromatic N) is 3. The summed E-state index contributed by atoms with van der Waals surface area (Å²) in [6.07, 6.45) is 2.72. The largest absolute Gasteiger partial charge is 0.459 e. The van der Waals surface area contributed by atoms with Crippen molar-refractivity contribution in [1.82, 2.24) is 19.7 Å². The normalized spacial score (nSPS) is 23.1. The molecule has 2 atom stereocenters. The zero-order valence-electron chi connectivity index (χ0n) is 16.8. The fraction of sp³-hybridized carbons (Fsp3) is 0.524. The molecule has 3 aliphatic rings. The maximum absolute atomic E-state index is 13.1. The SMILES string of the molecule is Cl.Cl.O=C(c1ccco1)N1CCN(Cc2ccc3n(c2=O)C[C@@H]2CNC[C@H]3C2)CC1. The number of rotatable bonds is 3. The summed E-state index contributed by atoms with van der Waals surface area (Å²) < 4.78 is 7.24. The van der Waals surface area contributed by atoms with Crippen molar-refractivity contribution in [1.29, 1.82) is 0 Å². The van der Waals surface area contributed by atoms with Crippen LogP contribution >= 0.6 is 24.8 Å². The Hall–Kier alpha value is -1.80. The van der Waals surface area contributed by atoms with Gasteiger partial charge < -0.3 is 19.2 Å². The fourth-order valence-electron chi connectivity index (χ4n) is 4.86. The Labute approximate surface area is 188 Å². The van der Waals surface area contributed by atoms with E-state index in [0.717, 1.165) is 38.3 Å². The van der Waals surface area contributed by atoms with Crippen LogP contribution in [0.1, 0.15) is 34.2 Å². The highest BCUT2D eigenvalue weighted by Gasteiger charge is 2.31. The van der Waals surface area contributed by atoms with Gasteiger partial charge in [0.1, 0.15) is 0 Å². The third-order valence-electron chi connectivity index (χ3n) is 6.37. The maximum Gasteiger partial charge on any atom is 0.289 e. The fourth-order valence-corrected chi connectivity index (χ4v) is 4.86. The lowest BCUT2D eigenvalue weighted by atomic mass is 9.84. The number of carbonyl (C=O) groups excluding carboxylic acids is 1. The minimum Gasteiger partial charge on any atom is -0.459 e. The lowest BCUT2D eigenvalue weighted by Crippen LogP contribution is -2.49. The third-order valence-corrected chi connectivity index (χ3v) is 6.37. The van der Waals surface area contributed by atoms with Gasteiger partial charge in [0, 0.05) is 63.0 Å². The molecule has 0 unspecified atom stereocenters. The van der Waals surface area contributed by atoms with Crippen LogP contribution in [0.2, 0.25) is 0 Å². The van der Waals surface area contributed by atoms with Gasteiger partial charge in [0.05, 0.1) is 6.26 Å². The first kappa shape index (κ1) is 22.9. The van der Waals surface area contributed by atoms with Crippen molar-refractivity contribution in [2.75, 3.05) is 39.3 Å². The van der Waals surface area contributed by atoms with Crippen LogP contribution in [0.4, 0.5) is 0 Å². The van der Waals surface area contributed by atoms with E-state index < -0.39 is 0 Å². The smallest absolute Gasteiger partial charge is 0.289 e. The monoisotopic (exact) mass is 454 g/mol. The van der Waals surface area contributed by atoms with E-state index in [2.05, 4.69) is 16.3 Å². The van der Waals surface area contributed by atoms with Gasteiger partial charge in [-0.2, -0.15) is 0 Å². The van der Waals surface area contributed by atoms with Crippen LogP contribution in [0.3, 0.4) is 0 Å². The van der Waals surface area contributed by atoms with Crippen molar-refractivity contribution in [3.8, 4) is 0 Å². The molecule has 2 aromatic rings. The molecule has 164 valence electrons. The first-order valence-electron chi connectivity index (χ1n) is 10.2. The Morgan fingerprint density at radius 1 is 1.10 bits per heavy atom. The Balaban J connectivity index is 0.00000128. The van der Waals surface area contributed by atoms with Gasteiger partial charge >= 0.3 is 0 Å². The summed E-state index contributed by atoms with van der Waals surface area (Å²) in [7, 11) is 0. The van der Waals surface area contributed by atoms with E-state index in [1.807, 2.05) is 15.5 Å². The van der Waals surface area contributed by atoms with Gasteiger partial charge in [-0.05, 0) is 37.1 Å². The molecule has 2 saturated heterocycles. The number of nitrogens with one attached hydrogen (secondary N) is 1. The summed E-state index contributed by atoms with van der Waals surface area (Å²) in [4.78, 5) is 29.6. The number of halogens is 2. The minimum absolute atomic E-state index is 0. The molecule has 0 spiro atoms. The molecule has 1 amide bonds. The van der Waals surface area contributed by atoms with E-state index in [9.17, 15) is 9.59 Å². The molecule has 7 nitrogen and oxygen atoms in total. The first-order chi connectivity index (χ1) is 13.7. The predicted octanol–water partition coefficient (Wildman–Crippen LogP) is 1.95. The topological polar surface area (TPSA) is 70.7 Å². The summed E-state index contributed by atoms with van der Waals surface area (Å²) in [6, 6.07) is 7.61. The number of piperazine rings is 1. The predicted molar refractivity (Wildman–Crippen MR) is 119 cm³/mol. The van der Waals surface area contributed by atoms with Crippen LogP contribution in [-0.2, 0) is 13.1 Å². The summed E-state index contributed by atoms with van der Waals surface area (Å²) in [6.45, 7) is 6.31. The van der Waals surface area contributed by atoms with Gasteiger partial charge in [0.15, 0.2) is 5.76 Å². The second-order valence-electron chi connectivity index (χ2n) is 8.20. The summed E-state index contributed by atoms with van der Waals surface area (Å²) >= 11 is 0. The van der Waals surface area contributed by atoms with Crippen LogP contribution in [0.5, 0.6) is 0 Å². The van der Waals surface area contributed by atoms with Crippen LogP contribution in [0.25, 0.3) is 0 Å². The van der Waals surface area contributed by atoms with Crippen LogP contribution < -0.4 is 10.9 Å². The molecule has 9 heteroatoms. The molecule has 0 aliphatic carbocycles. The maximum atomic E-state index is 13.1. The Kier molecular flexibility index (Phi) is 7.29. The third kappa shape index (κ3) is 4.30. The summed E-state index contributed by atoms with van der Waals surface area (Å²) in [5.74, 6) is 1.36. The van der Waals surface area contributed by atoms with Crippen molar-refractivity contribution >= 4 is 30.7 Å². The molecule has 0 radical (unpaired) electrons. The molecule has 0 saturated carbocycles. The van der Waals surface area contributed by atoms with Crippen molar-refractivity contribution in [2.45, 2.75) is 25.4 Å². The molecule has 30 heavy (non-hydrogen) atoms. The standard InChI is InChI=1S/C21H26N4O3.2ClH/c26-20-16(3-4-18-17-10-15(11-22-12-17)13-25(18)20)14-23-5-7-24(8-6-23)21(27)19-2-1-9-28-19;;/h1-4,9,15,17,22H,5-8,10-14H2;2*1H/t15-,17+;;/m0../s1. The number of furan rings is 1. The number of hydrogen-bond acceptors (Lipinski definition) is 5.